The minimum absolute atomic E-state index is 0.0109. The van der Waals surface area contributed by atoms with Crippen LogP contribution in [0.15, 0.2) is 18.2 Å². The molecular weight excluding hydrogens is 256 g/mol. The molecule has 1 aromatic carbocycles. The predicted molar refractivity (Wildman–Crippen MR) is 79.2 cm³/mol. The average Bonchev–Trinajstić information content (AvgIpc) is 2.46. The smallest absolute Gasteiger partial charge is 0.224 e. The molecule has 0 aliphatic heterocycles. The molecule has 0 aliphatic rings. The number of methoxy groups -OCH3 is 2. The summed E-state index contributed by atoms with van der Waals surface area (Å²) in [5.41, 5.74) is 0.900. The Balaban J connectivity index is 2.85. The second-order valence-electron chi connectivity index (χ2n) is 4.80. The normalized spacial score (nSPS) is 13.4. The maximum atomic E-state index is 12.0. The SMILES string of the molecule is CNCC(C)C(=O)NC(C)c1cc(OC)ccc1OC. The standard InChI is InChI=1S/C15H24N2O3/c1-10(9-16-3)15(18)17-11(2)13-8-12(19-4)6-7-14(13)20-5/h6-8,10-11,16H,9H2,1-5H3,(H,17,18). The summed E-state index contributed by atoms with van der Waals surface area (Å²) in [5, 5.41) is 5.99. The van der Waals surface area contributed by atoms with Crippen LogP contribution < -0.4 is 20.1 Å². The molecule has 20 heavy (non-hydrogen) atoms. The van der Waals surface area contributed by atoms with E-state index in [0.717, 1.165) is 17.1 Å². The van der Waals surface area contributed by atoms with Crippen LogP contribution in [-0.2, 0) is 4.79 Å². The summed E-state index contributed by atoms with van der Waals surface area (Å²) >= 11 is 0. The van der Waals surface area contributed by atoms with E-state index in [-0.39, 0.29) is 17.9 Å². The highest BCUT2D eigenvalue weighted by Crippen LogP contribution is 2.29. The van der Waals surface area contributed by atoms with Gasteiger partial charge in [0, 0.05) is 18.0 Å². The number of benzene rings is 1. The Morgan fingerprint density at radius 1 is 1.25 bits per heavy atom. The van der Waals surface area contributed by atoms with Crippen molar-refractivity contribution < 1.29 is 14.3 Å². The lowest BCUT2D eigenvalue weighted by atomic mass is 10.0. The van der Waals surface area contributed by atoms with Crippen LogP contribution in [0, 0.1) is 5.92 Å². The summed E-state index contributed by atoms with van der Waals surface area (Å²) in [6, 6.07) is 5.41. The van der Waals surface area contributed by atoms with Crippen LogP contribution in [-0.4, -0.2) is 33.7 Å². The van der Waals surface area contributed by atoms with Crippen molar-refractivity contribution in [3.8, 4) is 11.5 Å². The van der Waals surface area contributed by atoms with Gasteiger partial charge in [-0.3, -0.25) is 4.79 Å². The van der Waals surface area contributed by atoms with Crippen LogP contribution in [0.25, 0.3) is 0 Å². The monoisotopic (exact) mass is 280 g/mol. The fourth-order valence-corrected chi connectivity index (χ4v) is 2.01. The van der Waals surface area contributed by atoms with Crippen LogP contribution in [0.4, 0.5) is 0 Å². The molecule has 1 amide bonds. The van der Waals surface area contributed by atoms with Gasteiger partial charge in [0.15, 0.2) is 0 Å². The molecule has 112 valence electrons. The van der Waals surface area contributed by atoms with Gasteiger partial charge < -0.3 is 20.1 Å². The summed E-state index contributed by atoms with van der Waals surface area (Å²) in [6.45, 7) is 4.47. The molecule has 2 N–H and O–H groups in total. The van der Waals surface area contributed by atoms with Crippen molar-refractivity contribution in [2.24, 2.45) is 5.92 Å². The van der Waals surface area contributed by atoms with Crippen molar-refractivity contribution in [3.05, 3.63) is 23.8 Å². The summed E-state index contributed by atoms with van der Waals surface area (Å²) in [6.07, 6.45) is 0. The van der Waals surface area contributed by atoms with Crippen molar-refractivity contribution in [2.45, 2.75) is 19.9 Å². The lowest BCUT2D eigenvalue weighted by Crippen LogP contribution is -2.35. The van der Waals surface area contributed by atoms with Crippen molar-refractivity contribution in [3.63, 3.8) is 0 Å². The second kappa shape index (κ2) is 7.75. The van der Waals surface area contributed by atoms with Gasteiger partial charge >= 0.3 is 0 Å². The summed E-state index contributed by atoms with van der Waals surface area (Å²) in [4.78, 5) is 12.0. The Labute approximate surface area is 120 Å². The Kier molecular flexibility index (Phi) is 6.31. The number of hydrogen-bond acceptors (Lipinski definition) is 4. The maximum Gasteiger partial charge on any atom is 0.224 e. The summed E-state index contributed by atoms with van der Waals surface area (Å²) in [7, 11) is 5.06. The Morgan fingerprint density at radius 2 is 1.95 bits per heavy atom. The molecule has 0 aliphatic carbocycles. The van der Waals surface area contributed by atoms with E-state index in [1.807, 2.05) is 39.1 Å². The first-order valence-corrected chi connectivity index (χ1v) is 6.70. The Hall–Kier alpha value is -1.75. The fraction of sp³-hybridized carbons (Fsp3) is 0.533. The molecule has 0 radical (unpaired) electrons. The molecule has 0 heterocycles. The number of rotatable bonds is 7. The highest BCUT2D eigenvalue weighted by molar-refractivity contribution is 5.79. The largest absolute Gasteiger partial charge is 0.497 e. The first kappa shape index (κ1) is 16.3. The van der Waals surface area contributed by atoms with Crippen LogP contribution in [0.3, 0.4) is 0 Å². The predicted octanol–water partition coefficient (Wildman–Crippen LogP) is 1.74. The first-order chi connectivity index (χ1) is 9.53. The molecule has 0 fully saturated rings. The van der Waals surface area contributed by atoms with Crippen molar-refractivity contribution in [1.82, 2.24) is 10.6 Å². The van der Waals surface area contributed by atoms with E-state index in [2.05, 4.69) is 10.6 Å². The number of carbonyl (C=O) groups is 1. The third-order valence-corrected chi connectivity index (χ3v) is 3.22. The third kappa shape index (κ3) is 4.13. The molecule has 2 unspecified atom stereocenters. The molecule has 0 aromatic heterocycles. The topological polar surface area (TPSA) is 59.6 Å². The quantitative estimate of drug-likeness (QED) is 0.798. The zero-order valence-electron chi connectivity index (χ0n) is 12.8. The van der Waals surface area contributed by atoms with Gasteiger partial charge in [-0.25, -0.2) is 0 Å². The third-order valence-electron chi connectivity index (χ3n) is 3.22. The van der Waals surface area contributed by atoms with Gasteiger partial charge in [-0.15, -0.1) is 0 Å². The summed E-state index contributed by atoms with van der Waals surface area (Å²) < 4.78 is 10.6. The molecule has 5 nitrogen and oxygen atoms in total. The Morgan fingerprint density at radius 3 is 2.50 bits per heavy atom. The minimum atomic E-state index is -0.146. The zero-order valence-corrected chi connectivity index (χ0v) is 12.8. The van der Waals surface area contributed by atoms with Gasteiger partial charge in [-0.05, 0) is 32.2 Å². The van der Waals surface area contributed by atoms with Crippen LogP contribution in [0.5, 0.6) is 11.5 Å². The lowest BCUT2D eigenvalue weighted by molar-refractivity contribution is -0.125. The zero-order chi connectivity index (χ0) is 15.1. The van der Waals surface area contributed by atoms with E-state index in [1.165, 1.54) is 0 Å². The second-order valence-corrected chi connectivity index (χ2v) is 4.80. The van der Waals surface area contributed by atoms with Gasteiger partial charge in [-0.1, -0.05) is 6.92 Å². The van der Waals surface area contributed by atoms with E-state index in [9.17, 15) is 4.79 Å². The van der Waals surface area contributed by atoms with Gasteiger partial charge in [0.1, 0.15) is 11.5 Å². The van der Waals surface area contributed by atoms with E-state index < -0.39 is 0 Å². The van der Waals surface area contributed by atoms with Gasteiger partial charge in [-0.2, -0.15) is 0 Å². The molecule has 0 spiro atoms. The number of hydrogen-bond donors (Lipinski definition) is 2. The Bertz CT molecular complexity index is 449. The van der Waals surface area contributed by atoms with Gasteiger partial charge in [0.2, 0.25) is 5.91 Å². The number of nitrogens with one attached hydrogen (secondary N) is 2. The molecule has 0 saturated heterocycles. The lowest BCUT2D eigenvalue weighted by Gasteiger charge is -2.20. The van der Waals surface area contributed by atoms with Gasteiger partial charge in [0.05, 0.1) is 20.3 Å². The van der Waals surface area contributed by atoms with E-state index >= 15 is 0 Å². The molecule has 1 aromatic rings. The molecule has 2 atom stereocenters. The number of ether oxygens (including phenoxy) is 2. The van der Waals surface area contributed by atoms with Gasteiger partial charge in [0.25, 0.3) is 0 Å². The average molecular weight is 280 g/mol. The van der Waals surface area contributed by atoms with Crippen LogP contribution in [0.1, 0.15) is 25.5 Å². The molecule has 0 bridgehead atoms. The van der Waals surface area contributed by atoms with Crippen molar-refractivity contribution in [1.29, 1.82) is 0 Å². The maximum absolute atomic E-state index is 12.0. The summed E-state index contributed by atoms with van der Waals surface area (Å²) in [5.74, 6) is 1.40. The highest BCUT2D eigenvalue weighted by atomic mass is 16.5. The molecular formula is C15H24N2O3. The molecule has 5 heteroatoms. The van der Waals surface area contributed by atoms with Crippen LogP contribution >= 0.6 is 0 Å². The van der Waals surface area contributed by atoms with Crippen molar-refractivity contribution >= 4 is 5.91 Å². The minimum Gasteiger partial charge on any atom is -0.497 e. The van der Waals surface area contributed by atoms with E-state index in [0.29, 0.717) is 6.54 Å². The molecule has 0 saturated carbocycles. The number of carbonyl (C=O) groups excluding carboxylic acids is 1. The molecule has 1 rings (SSSR count). The van der Waals surface area contributed by atoms with E-state index in [4.69, 9.17) is 9.47 Å². The number of amides is 1. The fourth-order valence-electron chi connectivity index (χ4n) is 2.01. The first-order valence-electron chi connectivity index (χ1n) is 6.70. The van der Waals surface area contributed by atoms with E-state index in [1.54, 1.807) is 14.2 Å². The van der Waals surface area contributed by atoms with Crippen molar-refractivity contribution in [2.75, 3.05) is 27.8 Å². The van der Waals surface area contributed by atoms with Crippen LogP contribution in [0.2, 0.25) is 0 Å². The highest BCUT2D eigenvalue weighted by Gasteiger charge is 2.18.